The van der Waals surface area contributed by atoms with Gasteiger partial charge in [0, 0.05) is 36.6 Å². The SMILES string of the molecule is CC(C)(C)OC(=O)C(N[C@@H]1C[C@H]1c1ccc(F)cc1)c1nccc(C(=O)NC(c2ccc(C/C=C/C(=O)O)cc2)c2ccc(-n3cccn3)cc2)n1. The van der Waals surface area contributed by atoms with E-state index in [4.69, 9.17) is 9.84 Å². The Balaban J connectivity index is 1.26. The summed E-state index contributed by atoms with van der Waals surface area (Å²) in [6.45, 7) is 5.31. The number of hydrogen-bond donors (Lipinski definition) is 3. The minimum absolute atomic E-state index is 0.0554. The van der Waals surface area contributed by atoms with E-state index >= 15 is 0 Å². The number of esters is 1. The minimum Gasteiger partial charge on any atom is -0.478 e. The zero-order valence-corrected chi connectivity index (χ0v) is 28.9. The molecule has 266 valence electrons. The zero-order chi connectivity index (χ0) is 36.8. The second-order valence-corrected chi connectivity index (χ2v) is 13.6. The average molecular weight is 703 g/mol. The summed E-state index contributed by atoms with van der Waals surface area (Å²) in [7, 11) is 0. The number of carbonyl (C=O) groups excluding carboxylic acids is 2. The van der Waals surface area contributed by atoms with E-state index in [0.29, 0.717) is 6.42 Å². The van der Waals surface area contributed by atoms with Crippen molar-refractivity contribution < 1.29 is 28.6 Å². The highest BCUT2D eigenvalue weighted by Gasteiger charge is 2.43. The summed E-state index contributed by atoms with van der Waals surface area (Å²) in [6, 6.07) is 23.0. The predicted molar refractivity (Wildman–Crippen MR) is 191 cm³/mol. The summed E-state index contributed by atoms with van der Waals surface area (Å²) >= 11 is 0. The van der Waals surface area contributed by atoms with Crippen molar-refractivity contribution in [2.45, 2.75) is 63.3 Å². The fraction of sp³-hybridized carbons (Fsp3) is 0.250. The number of nitrogens with zero attached hydrogens (tertiary/aromatic N) is 4. The van der Waals surface area contributed by atoms with Crippen LogP contribution in [0.15, 0.2) is 116 Å². The van der Waals surface area contributed by atoms with Gasteiger partial charge in [-0.1, -0.05) is 54.6 Å². The summed E-state index contributed by atoms with van der Waals surface area (Å²) in [5, 5.41) is 19.7. The van der Waals surface area contributed by atoms with Crippen molar-refractivity contribution in [3.63, 3.8) is 0 Å². The van der Waals surface area contributed by atoms with Gasteiger partial charge < -0.3 is 15.2 Å². The van der Waals surface area contributed by atoms with Crippen LogP contribution in [-0.2, 0) is 20.7 Å². The van der Waals surface area contributed by atoms with Gasteiger partial charge in [0.1, 0.15) is 17.1 Å². The number of ether oxygens (including phenoxy) is 1. The number of carbonyl (C=O) groups is 3. The van der Waals surface area contributed by atoms with Crippen molar-refractivity contribution in [3.8, 4) is 5.69 Å². The molecule has 0 radical (unpaired) electrons. The minimum atomic E-state index is -1.06. The van der Waals surface area contributed by atoms with Crippen LogP contribution < -0.4 is 10.6 Å². The first-order valence-electron chi connectivity index (χ1n) is 16.9. The maximum absolute atomic E-state index is 14.0. The van der Waals surface area contributed by atoms with Gasteiger partial charge in [-0.15, -0.1) is 0 Å². The van der Waals surface area contributed by atoms with Gasteiger partial charge >= 0.3 is 11.9 Å². The second-order valence-electron chi connectivity index (χ2n) is 13.6. The number of carboxylic acids is 1. The van der Waals surface area contributed by atoms with Crippen molar-refractivity contribution in [2.24, 2.45) is 0 Å². The van der Waals surface area contributed by atoms with Crippen LogP contribution in [0.4, 0.5) is 4.39 Å². The largest absolute Gasteiger partial charge is 0.478 e. The number of allylic oxidation sites excluding steroid dienone is 1. The molecule has 0 spiro atoms. The van der Waals surface area contributed by atoms with Gasteiger partial charge in [0.25, 0.3) is 5.91 Å². The molecule has 0 aliphatic heterocycles. The van der Waals surface area contributed by atoms with E-state index in [2.05, 4.69) is 25.7 Å². The fourth-order valence-electron chi connectivity index (χ4n) is 5.87. The smallest absolute Gasteiger partial charge is 0.331 e. The molecule has 2 heterocycles. The topological polar surface area (TPSA) is 148 Å². The first-order valence-corrected chi connectivity index (χ1v) is 16.9. The van der Waals surface area contributed by atoms with Gasteiger partial charge in [-0.25, -0.2) is 28.6 Å². The quantitative estimate of drug-likeness (QED) is 0.0988. The maximum atomic E-state index is 14.0. The molecule has 5 aromatic rings. The van der Waals surface area contributed by atoms with Crippen molar-refractivity contribution >= 4 is 17.8 Å². The highest BCUT2D eigenvalue weighted by Crippen LogP contribution is 2.42. The first kappa shape index (κ1) is 35.8. The van der Waals surface area contributed by atoms with Crippen LogP contribution in [0.25, 0.3) is 5.69 Å². The summed E-state index contributed by atoms with van der Waals surface area (Å²) in [5.74, 6) is -2.25. The molecule has 3 N–H and O–H groups in total. The third kappa shape index (κ3) is 9.20. The highest BCUT2D eigenvalue weighted by molar-refractivity contribution is 5.93. The van der Waals surface area contributed by atoms with Crippen molar-refractivity contribution in [3.05, 3.63) is 155 Å². The third-order valence-corrected chi connectivity index (χ3v) is 8.47. The Labute approximate surface area is 300 Å². The summed E-state index contributed by atoms with van der Waals surface area (Å²) < 4.78 is 21.0. The lowest BCUT2D eigenvalue weighted by atomic mass is 9.96. The van der Waals surface area contributed by atoms with Crippen LogP contribution in [0.2, 0.25) is 0 Å². The van der Waals surface area contributed by atoms with E-state index in [9.17, 15) is 18.8 Å². The number of nitrogens with one attached hydrogen (secondary N) is 2. The number of aliphatic carboxylic acids is 1. The summed E-state index contributed by atoms with van der Waals surface area (Å²) in [6.07, 6.45) is 8.80. The standard InChI is InChI=1S/C40H39FN6O5/c1-40(2,3)52-39(51)36(44-33-24-31(33)26-12-16-29(41)17-13-26)37-42-22-20-32(45-37)38(50)46-35(27-10-8-25(9-11-27)6-4-7-34(48)49)28-14-18-30(19-15-28)47-23-5-21-43-47/h4-5,7-23,31,33,35-36,44H,6,24H2,1-3H3,(H,46,50)(H,48,49)/b7-4+/t31-,33+,35?,36?/m0/s1. The van der Waals surface area contributed by atoms with E-state index < -0.39 is 35.5 Å². The molecule has 2 unspecified atom stereocenters. The molecule has 2 aromatic heterocycles. The van der Waals surface area contributed by atoms with Gasteiger partial charge in [0.05, 0.1) is 11.7 Å². The summed E-state index contributed by atoms with van der Waals surface area (Å²) in [4.78, 5) is 47.3. The molecule has 1 fully saturated rings. The van der Waals surface area contributed by atoms with Crippen molar-refractivity contribution in [1.29, 1.82) is 0 Å². The molecule has 1 saturated carbocycles. The maximum Gasteiger partial charge on any atom is 0.331 e. The van der Waals surface area contributed by atoms with Crippen LogP contribution in [0.5, 0.6) is 0 Å². The van der Waals surface area contributed by atoms with Crippen LogP contribution in [-0.4, -0.2) is 54.3 Å². The van der Waals surface area contributed by atoms with E-state index in [-0.39, 0.29) is 29.3 Å². The third-order valence-electron chi connectivity index (χ3n) is 8.47. The molecule has 52 heavy (non-hydrogen) atoms. The number of hydrogen-bond acceptors (Lipinski definition) is 8. The van der Waals surface area contributed by atoms with Crippen LogP contribution in [0.3, 0.4) is 0 Å². The molecule has 1 aliphatic rings. The molecule has 0 bridgehead atoms. The number of carboxylic acid groups (broad SMARTS) is 1. The Bertz CT molecular complexity index is 2040. The van der Waals surface area contributed by atoms with Gasteiger partial charge in [-0.2, -0.15) is 5.10 Å². The lowest BCUT2D eigenvalue weighted by Gasteiger charge is -2.24. The summed E-state index contributed by atoms with van der Waals surface area (Å²) in [5.41, 5.74) is 3.55. The Kier molecular flexibility index (Phi) is 10.7. The molecule has 1 amide bonds. The average Bonchev–Trinajstić information content (AvgIpc) is 3.67. The monoisotopic (exact) mass is 702 g/mol. The van der Waals surface area contributed by atoms with Gasteiger partial charge in [0.15, 0.2) is 11.9 Å². The van der Waals surface area contributed by atoms with Crippen LogP contribution >= 0.6 is 0 Å². The number of rotatable bonds is 13. The Hall–Kier alpha value is -6.01. The van der Waals surface area contributed by atoms with E-state index in [1.807, 2.05) is 60.8 Å². The van der Waals surface area contributed by atoms with Crippen molar-refractivity contribution in [2.75, 3.05) is 0 Å². The first-order chi connectivity index (χ1) is 24.9. The Morgan fingerprint density at radius 3 is 2.31 bits per heavy atom. The Morgan fingerprint density at radius 2 is 1.67 bits per heavy atom. The molecule has 11 nitrogen and oxygen atoms in total. The number of benzene rings is 3. The van der Waals surface area contributed by atoms with E-state index in [1.165, 1.54) is 24.4 Å². The van der Waals surface area contributed by atoms with Gasteiger partial charge in [0.2, 0.25) is 0 Å². The number of halogens is 1. The number of amides is 1. The lowest BCUT2D eigenvalue weighted by Crippen LogP contribution is -2.38. The molecule has 1 aliphatic carbocycles. The molecular weight excluding hydrogens is 663 g/mol. The zero-order valence-electron chi connectivity index (χ0n) is 28.9. The molecule has 6 rings (SSSR count). The van der Waals surface area contributed by atoms with E-state index in [0.717, 1.165) is 40.4 Å². The van der Waals surface area contributed by atoms with Crippen molar-refractivity contribution in [1.82, 2.24) is 30.4 Å². The molecule has 3 aromatic carbocycles. The van der Waals surface area contributed by atoms with Gasteiger partial charge in [-0.05, 0) is 92.3 Å². The van der Waals surface area contributed by atoms with Gasteiger partial charge in [-0.3, -0.25) is 10.1 Å². The lowest BCUT2D eigenvalue weighted by molar-refractivity contribution is -0.158. The molecule has 4 atom stereocenters. The predicted octanol–water partition coefficient (Wildman–Crippen LogP) is 6.03. The number of aromatic nitrogens is 4. The highest BCUT2D eigenvalue weighted by atomic mass is 19.1. The van der Waals surface area contributed by atoms with E-state index in [1.54, 1.807) is 49.9 Å². The molecule has 0 saturated heterocycles. The van der Waals surface area contributed by atoms with Crippen LogP contribution in [0, 0.1) is 5.82 Å². The molecule has 12 heteroatoms. The fourth-order valence-corrected chi connectivity index (χ4v) is 5.87. The molecular formula is C40H39FN6O5. The second kappa shape index (κ2) is 15.5. The van der Waals surface area contributed by atoms with Crippen LogP contribution in [0.1, 0.15) is 83.8 Å². The normalized spacial score (nSPS) is 16.6. The Morgan fingerprint density at radius 1 is 0.981 bits per heavy atom.